The monoisotopic (exact) mass is 382 g/mol. The van der Waals surface area contributed by atoms with E-state index >= 15 is 0 Å². The Morgan fingerprint density at radius 3 is 2.48 bits per heavy atom. The molecular weight excluding hydrogens is 354 g/mol. The van der Waals surface area contributed by atoms with Gasteiger partial charge in [-0.05, 0) is 54.2 Å². The maximum absolute atomic E-state index is 4.85. The summed E-state index contributed by atoms with van der Waals surface area (Å²) < 4.78 is 4.83. The van der Waals surface area contributed by atoms with Gasteiger partial charge in [0.25, 0.3) is 5.65 Å². The van der Waals surface area contributed by atoms with Crippen molar-refractivity contribution in [1.82, 2.24) is 9.55 Å². The number of para-hydroxylation sites is 1. The molecule has 2 aromatic carbocycles. The zero-order valence-corrected chi connectivity index (χ0v) is 18.1. The molecule has 146 valence electrons. The highest BCUT2D eigenvalue weighted by Gasteiger charge is 2.27. The molecule has 0 spiro atoms. The van der Waals surface area contributed by atoms with Gasteiger partial charge >= 0.3 is 0 Å². The lowest BCUT2D eigenvalue weighted by Gasteiger charge is -2.12. The van der Waals surface area contributed by atoms with Crippen LogP contribution in [0.25, 0.3) is 38.5 Å². The van der Waals surface area contributed by atoms with Gasteiger partial charge < -0.3 is 0 Å². The molecule has 3 heteroatoms. The number of hydrogen-bond acceptors (Lipinski definition) is 1. The van der Waals surface area contributed by atoms with E-state index in [4.69, 9.17) is 4.98 Å². The van der Waals surface area contributed by atoms with Crippen LogP contribution in [-0.2, 0) is 7.05 Å². The molecule has 5 rings (SSSR count). The van der Waals surface area contributed by atoms with Crippen molar-refractivity contribution in [2.75, 3.05) is 0 Å². The predicted octanol–water partition coefficient (Wildman–Crippen LogP) is 6.17. The first kappa shape index (κ1) is 18.1. The molecule has 29 heavy (non-hydrogen) atoms. The van der Waals surface area contributed by atoms with Gasteiger partial charge in [0.05, 0.1) is 18.0 Å². The summed E-state index contributed by atoms with van der Waals surface area (Å²) in [5, 5.41) is 2.47. The SMILES string of the molecule is Cc1ccnc2c3cccc(C(C)C)c3[n+]3c4ccc(C(C)C)cc4n(C)c3c12. The first-order chi connectivity index (χ1) is 13.9. The van der Waals surface area contributed by atoms with Crippen LogP contribution in [0.5, 0.6) is 0 Å². The molecule has 0 saturated heterocycles. The Balaban J connectivity index is 2.17. The second-order valence-electron chi connectivity index (χ2n) is 8.87. The Kier molecular flexibility index (Phi) is 3.92. The molecule has 3 aromatic heterocycles. The summed E-state index contributed by atoms with van der Waals surface area (Å²) in [4.78, 5) is 4.85. The number of hydrogen-bond donors (Lipinski definition) is 0. The molecule has 3 heterocycles. The lowest BCUT2D eigenvalue weighted by molar-refractivity contribution is -0.449. The number of fused-ring (bicyclic) bond motifs is 8. The van der Waals surface area contributed by atoms with E-state index in [0.717, 1.165) is 5.52 Å². The summed E-state index contributed by atoms with van der Waals surface area (Å²) in [5.41, 5.74) is 10.1. The predicted molar refractivity (Wildman–Crippen MR) is 122 cm³/mol. The Labute approximate surface area is 171 Å². The van der Waals surface area contributed by atoms with Gasteiger partial charge in [-0.1, -0.05) is 45.9 Å². The highest BCUT2D eigenvalue weighted by Crippen LogP contribution is 2.33. The van der Waals surface area contributed by atoms with Crippen molar-refractivity contribution in [1.29, 1.82) is 0 Å². The molecule has 0 fully saturated rings. The molecule has 0 saturated carbocycles. The van der Waals surface area contributed by atoms with Crippen LogP contribution < -0.4 is 4.40 Å². The van der Waals surface area contributed by atoms with Crippen LogP contribution >= 0.6 is 0 Å². The van der Waals surface area contributed by atoms with Crippen molar-refractivity contribution in [3.8, 4) is 0 Å². The Bertz CT molecular complexity index is 1420. The number of nitrogens with zero attached hydrogens (tertiary/aromatic N) is 3. The number of benzene rings is 2. The largest absolute Gasteiger partial charge is 0.297 e. The van der Waals surface area contributed by atoms with E-state index in [1.165, 1.54) is 49.7 Å². The van der Waals surface area contributed by atoms with Crippen LogP contribution in [0.2, 0.25) is 0 Å². The fourth-order valence-electron chi connectivity index (χ4n) is 4.75. The summed E-state index contributed by atoms with van der Waals surface area (Å²) in [6.07, 6.45) is 1.94. The minimum absolute atomic E-state index is 0.432. The highest BCUT2D eigenvalue weighted by atomic mass is 15.1. The minimum Gasteiger partial charge on any atom is -0.255 e. The molecule has 0 bridgehead atoms. The summed E-state index contributed by atoms with van der Waals surface area (Å²) in [7, 11) is 2.19. The first-order valence-corrected chi connectivity index (χ1v) is 10.5. The maximum atomic E-state index is 4.85. The van der Waals surface area contributed by atoms with Gasteiger partial charge in [-0.25, -0.2) is 4.57 Å². The minimum atomic E-state index is 0.432. The molecule has 0 unspecified atom stereocenters. The summed E-state index contributed by atoms with van der Waals surface area (Å²) in [6.45, 7) is 11.3. The molecule has 0 aliphatic carbocycles. The lowest BCUT2D eigenvalue weighted by Crippen LogP contribution is -2.24. The average molecular weight is 383 g/mol. The Morgan fingerprint density at radius 2 is 1.76 bits per heavy atom. The van der Waals surface area contributed by atoms with E-state index in [-0.39, 0.29) is 0 Å². The molecular formula is C26H28N3+. The maximum Gasteiger partial charge on any atom is 0.297 e. The standard InChI is InChI=1S/C26H28N3/c1-15(2)18-10-11-21-22(14-18)28(6)26-23-17(5)12-13-27-24(23)20-9-7-8-19(16(3)4)25(20)29(21)26/h7-16H,1-6H3/q+1. The van der Waals surface area contributed by atoms with Gasteiger partial charge in [-0.15, -0.1) is 0 Å². The second kappa shape index (κ2) is 6.28. The van der Waals surface area contributed by atoms with Crippen molar-refractivity contribution in [2.45, 2.75) is 46.5 Å². The molecule has 0 N–H and O–H groups in total. The molecule has 0 atom stereocenters. The fourth-order valence-corrected chi connectivity index (χ4v) is 4.75. The van der Waals surface area contributed by atoms with Crippen LogP contribution in [0.15, 0.2) is 48.7 Å². The number of pyridine rings is 2. The van der Waals surface area contributed by atoms with E-state index in [1.54, 1.807) is 0 Å². The van der Waals surface area contributed by atoms with Crippen LogP contribution in [0.1, 0.15) is 56.2 Å². The van der Waals surface area contributed by atoms with E-state index in [1.807, 2.05) is 6.20 Å². The van der Waals surface area contributed by atoms with Gasteiger partial charge in [-0.3, -0.25) is 4.98 Å². The van der Waals surface area contributed by atoms with Crippen molar-refractivity contribution >= 4 is 38.5 Å². The van der Waals surface area contributed by atoms with Gasteiger partial charge in [0.1, 0.15) is 5.52 Å². The molecule has 5 aromatic rings. The fraction of sp³-hybridized carbons (Fsp3) is 0.308. The number of rotatable bonds is 2. The third-order valence-corrected chi connectivity index (χ3v) is 6.35. The number of aryl methyl sites for hydroxylation is 2. The van der Waals surface area contributed by atoms with Crippen molar-refractivity contribution in [2.24, 2.45) is 7.05 Å². The van der Waals surface area contributed by atoms with Crippen molar-refractivity contribution < 1.29 is 4.40 Å². The Hall–Kier alpha value is -2.94. The van der Waals surface area contributed by atoms with Crippen LogP contribution in [0.4, 0.5) is 0 Å². The van der Waals surface area contributed by atoms with Gasteiger partial charge in [-0.2, -0.15) is 4.40 Å². The molecule has 0 aliphatic rings. The summed E-state index contributed by atoms with van der Waals surface area (Å²) in [5.74, 6) is 0.937. The zero-order valence-electron chi connectivity index (χ0n) is 18.1. The zero-order chi connectivity index (χ0) is 20.4. The second-order valence-corrected chi connectivity index (χ2v) is 8.87. The van der Waals surface area contributed by atoms with E-state index in [9.17, 15) is 0 Å². The summed E-state index contributed by atoms with van der Waals surface area (Å²) >= 11 is 0. The van der Waals surface area contributed by atoms with Crippen LogP contribution in [0.3, 0.4) is 0 Å². The van der Waals surface area contributed by atoms with E-state index < -0.39 is 0 Å². The molecule has 3 nitrogen and oxygen atoms in total. The van der Waals surface area contributed by atoms with Crippen LogP contribution in [0, 0.1) is 6.92 Å². The Morgan fingerprint density at radius 1 is 0.966 bits per heavy atom. The topological polar surface area (TPSA) is 21.9 Å². The third-order valence-electron chi connectivity index (χ3n) is 6.35. The normalized spacial score (nSPS) is 12.4. The van der Waals surface area contributed by atoms with E-state index in [0.29, 0.717) is 11.8 Å². The van der Waals surface area contributed by atoms with Gasteiger partial charge in [0, 0.05) is 17.1 Å². The van der Waals surface area contributed by atoms with Gasteiger partial charge in [0.15, 0.2) is 11.0 Å². The number of imidazole rings is 1. The quantitative estimate of drug-likeness (QED) is 0.264. The first-order valence-electron chi connectivity index (χ1n) is 10.5. The van der Waals surface area contributed by atoms with Crippen LogP contribution in [-0.4, -0.2) is 9.55 Å². The van der Waals surface area contributed by atoms with Crippen molar-refractivity contribution in [3.05, 3.63) is 65.4 Å². The average Bonchev–Trinajstić information content (AvgIpc) is 3.00. The molecule has 0 aliphatic heterocycles. The van der Waals surface area contributed by atoms with E-state index in [2.05, 4.69) is 93.1 Å². The third kappa shape index (κ3) is 2.43. The smallest absolute Gasteiger partial charge is 0.255 e. The highest BCUT2D eigenvalue weighted by molar-refractivity contribution is 6.10. The number of aromatic nitrogens is 3. The van der Waals surface area contributed by atoms with Crippen molar-refractivity contribution in [3.63, 3.8) is 0 Å². The molecule has 0 amide bonds. The van der Waals surface area contributed by atoms with Gasteiger partial charge in [0.2, 0.25) is 0 Å². The molecule has 0 radical (unpaired) electrons. The summed E-state index contributed by atoms with van der Waals surface area (Å²) in [6, 6.07) is 15.7. The lowest BCUT2D eigenvalue weighted by atomic mass is 9.97.